The zero-order chi connectivity index (χ0) is 21.7. The summed E-state index contributed by atoms with van der Waals surface area (Å²) in [4.78, 5) is 30.2. The van der Waals surface area contributed by atoms with Gasteiger partial charge in [-0.3, -0.25) is 14.9 Å². The van der Waals surface area contributed by atoms with Gasteiger partial charge < -0.3 is 10.1 Å². The van der Waals surface area contributed by atoms with Crippen LogP contribution in [0.25, 0.3) is 11.7 Å². The number of nitrogens with zero attached hydrogens (tertiary/aromatic N) is 5. The molecular formula is C22H25N7O2S. The zero-order valence-electron chi connectivity index (χ0n) is 17.6. The molecule has 2 fully saturated rings. The van der Waals surface area contributed by atoms with E-state index >= 15 is 0 Å². The van der Waals surface area contributed by atoms with Gasteiger partial charge in [0.05, 0.1) is 23.2 Å². The molecule has 5 heterocycles. The summed E-state index contributed by atoms with van der Waals surface area (Å²) >= 11 is 1.90. The number of rotatable bonds is 5. The third kappa shape index (κ3) is 3.88. The average Bonchev–Trinajstić information content (AvgIpc) is 3.17. The molecule has 32 heavy (non-hydrogen) atoms. The molecule has 3 aromatic rings. The van der Waals surface area contributed by atoms with Crippen LogP contribution in [0.15, 0.2) is 33.0 Å². The maximum Gasteiger partial charge on any atom is 0.326 e. The second kappa shape index (κ2) is 7.93. The largest absolute Gasteiger partial charge is 0.493 e. The fraction of sp³-hybridized carbons (Fsp3) is 0.455. The van der Waals surface area contributed by atoms with Gasteiger partial charge in [0.15, 0.2) is 11.1 Å². The van der Waals surface area contributed by atoms with Crippen molar-refractivity contribution in [3.05, 3.63) is 55.8 Å². The summed E-state index contributed by atoms with van der Waals surface area (Å²) in [6.45, 7) is 3.43. The summed E-state index contributed by atoms with van der Waals surface area (Å²) in [5, 5.41) is 15.4. The number of aromatic amines is 2. The van der Waals surface area contributed by atoms with Gasteiger partial charge in [0.2, 0.25) is 5.88 Å². The van der Waals surface area contributed by atoms with Crippen LogP contribution in [0.4, 0.5) is 0 Å². The Balaban J connectivity index is 1.38. The van der Waals surface area contributed by atoms with E-state index in [1.165, 1.54) is 30.8 Å². The highest BCUT2D eigenvalue weighted by Gasteiger charge is 2.25. The summed E-state index contributed by atoms with van der Waals surface area (Å²) in [5.74, 6) is -0.199. The molecule has 0 aromatic carbocycles. The molecule has 6 rings (SSSR count). The Labute approximate surface area is 188 Å². The molecule has 1 atom stereocenters. The lowest BCUT2D eigenvalue weighted by Crippen LogP contribution is -2.21. The van der Waals surface area contributed by atoms with Crippen LogP contribution in [-0.4, -0.2) is 60.2 Å². The Bertz CT molecular complexity index is 1380. The summed E-state index contributed by atoms with van der Waals surface area (Å²) in [6, 6.07) is 2.43. The number of likely N-dealkylation sites (tertiary alicyclic amines) is 1. The molecule has 1 aliphatic carbocycles. The first kappa shape index (κ1) is 19.8. The van der Waals surface area contributed by atoms with Crippen LogP contribution < -0.4 is 16.4 Å². The van der Waals surface area contributed by atoms with E-state index in [9.17, 15) is 9.90 Å². The Morgan fingerprint density at radius 3 is 2.88 bits per heavy atom. The van der Waals surface area contributed by atoms with E-state index < -0.39 is 5.69 Å². The minimum Gasteiger partial charge on any atom is -0.493 e. The standard InChI is InChI=1S/C22H25N7O2S/c30-21-17(26-22(31)27-21)9-13-11-23-29-19(24-14-3-4-14)10-16(25-20(13)29)18-6-5-15(32-18)12-28-7-1-2-8-28/h5,9-11,14,18,30H,1-4,6-8,12H2,(H2,26,27,31). The molecule has 166 valence electrons. The van der Waals surface area contributed by atoms with Crippen molar-refractivity contribution in [2.75, 3.05) is 19.6 Å². The molecule has 3 N–H and O–H groups in total. The summed E-state index contributed by atoms with van der Waals surface area (Å²) in [6.07, 6.45) is 11.5. The van der Waals surface area contributed by atoms with Gasteiger partial charge in [0, 0.05) is 17.8 Å². The van der Waals surface area contributed by atoms with Crippen molar-refractivity contribution in [1.82, 2.24) is 29.5 Å². The van der Waals surface area contributed by atoms with Crippen LogP contribution in [-0.2, 0) is 0 Å². The first-order valence-electron chi connectivity index (χ1n) is 11.2. The molecule has 9 nitrogen and oxygen atoms in total. The molecule has 0 amide bonds. The normalized spacial score (nSPS) is 23.0. The van der Waals surface area contributed by atoms with Crippen LogP contribution in [0.2, 0.25) is 0 Å². The van der Waals surface area contributed by atoms with E-state index in [2.05, 4.69) is 32.1 Å². The average molecular weight is 452 g/mol. The number of H-pyrrole nitrogens is 2. The lowest BCUT2D eigenvalue weighted by Gasteiger charge is -2.16. The van der Waals surface area contributed by atoms with Gasteiger partial charge in [-0.25, -0.2) is 9.78 Å². The SMILES string of the molecule is O=c1[nH]c(O)c(C=c2cnn3c(=NC4CC4)cc(C4CC=C(CN5CCCC5)S4)nc23)[nH]1. The van der Waals surface area contributed by atoms with Crippen LogP contribution in [0, 0.1) is 0 Å². The number of aromatic hydroxyl groups is 1. The molecule has 1 unspecified atom stereocenters. The van der Waals surface area contributed by atoms with E-state index in [0.29, 0.717) is 17.4 Å². The summed E-state index contributed by atoms with van der Waals surface area (Å²) in [7, 11) is 0. The Morgan fingerprint density at radius 1 is 1.28 bits per heavy atom. The minimum atomic E-state index is -0.456. The molecule has 2 aliphatic heterocycles. The van der Waals surface area contributed by atoms with Gasteiger partial charge in [-0.15, -0.1) is 11.8 Å². The monoisotopic (exact) mass is 451 g/mol. The van der Waals surface area contributed by atoms with Gasteiger partial charge in [0.1, 0.15) is 5.69 Å². The number of hydrogen-bond acceptors (Lipinski definition) is 7. The topological polar surface area (TPSA) is 115 Å². The van der Waals surface area contributed by atoms with E-state index in [0.717, 1.165) is 42.2 Å². The number of hydrogen-bond donors (Lipinski definition) is 3. The molecular weight excluding hydrogens is 426 g/mol. The van der Waals surface area contributed by atoms with Crippen molar-refractivity contribution in [2.45, 2.75) is 43.4 Å². The second-order valence-electron chi connectivity index (χ2n) is 8.72. The highest BCUT2D eigenvalue weighted by Crippen LogP contribution is 2.43. The fourth-order valence-corrected chi connectivity index (χ4v) is 5.59. The van der Waals surface area contributed by atoms with Crippen LogP contribution in [0.3, 0.4) is 0 Å². The lowest BCUT2D eigenvalue weighted by molar-refractivity contribution is 0.375. The molecule has 3 aromatic heterocycles. The number of nitrogens with one attached hydrogen (secondary N) is 2. The predicted octanol–water partition coefficient (Wildman–Crippen LogP) is 1.22. The highest BCUT2D eigenvalue weighted by molar-refractivity contribution is 8.03. The maximum atomic E-state index is 11.5. The third-order valence-corrected chi connectivity index (χ3v) is 7.48. The number of thioether (sulfide) groups is 1. The molecule has 3 aliphatic rings. The zero-order valence-corrected chi connectivity index (χ0v) is 18.4. The maximum absolute atomic E-state index is 11.5. The Hall–Kier alpha value is -2.85. The summed E-state index contributed by atoms with van der Waals surface area (Å²) < 4.78 is 1.76. The van der Waals surface area contributed by atoms with Gasteiger partial charge in [-0.1, -0.05) is 6.08 Å². The van der Waals surface area contributed by atoms with Gasteiger partial charge in [-0.05, 0) is 56.2 Å². The smallest absolute Gasteiger partial charge is 0.326 e. The highest BCUT2D eigenvalue weighted by atomic mass is 32.2. The number of aromatic nitrogens is 5. The molecule has 1 saturated heterocycles. The molecule has 10 heteroatoms. The van der Waals surface area contributed by atoms with Crippen molar-refractivity contribution in [3.63, 3.8) is 0 Å². The molecule has 0 radical (unpaired) electrons. The quantitative estimate of drug-likeness (QED) is 0.537. The third-order valence-electron chi connectivity index (χ3n) is 6.16. The van der Waals surface area contributed by atoms with E-state index in [1.807, 2.05) is 11.8 Å². The van der Waals surface area contributed by atoms with Crippen molar-refractivity contribution >= 4 is 23.5 Å². The Kier molecular flexibility index (Phi) is 4.91. The van der Waals surface area contributed by atoms with Crippen molar-refractivity contribution in [1.29, 1.82) is 0 Å². The number of imidazole rings is 1. The van der Waals surface area contributed by atoms with Crippen LogP contribution in [0.1, 0.15) is 48.7 Å². The summed E-state index contributed by atoms with van der Waals surface area (Å²) in [5.41, 5.74) is 2.34. The second-order valence-corrected chi connectivity index (χ2v) is 10.0. The van der Waals surface area contributed by atoms with E-state index in [1.54, 1.807) is 16.8 Å². The lowest BCUT2D eigenvalue weighted by atomic mass is 10.2. The molecule has 0 bridgehead atoms. The minimum absolute atomic E-state index is 0.199. The first-order chi connectivity index (χ1) is 15.6. The van der Waals surface area contributed by atoms with Crippen molar-refractivity contribution < 1.29 is 5.11 Å². The van der Waals surface area contributed by atoms with Gasteiger partial charge in [-0.2, -0.15) is 9.61 Å². The molecule has 0 spiro atoms. The predicted molar refractivity (Wildman–Crippen MR) is 122 cm³/mol. The fourth-order valence-electron chi connectivity index (χ4n) is 4.34. The first-order valence-corrected chi connectivity index (χ1v) is 12.0. The van der Waals surface area contributed by atoms with E-state index in [-0.39, 0.29) is 11.1 Å². The number of allylic oxidation sites excluding steroid dienone is 1. The van der Waals surface area contributed by atoms with Gasteiger partial charge in [0.25, 0.3) is 0 Å². The van der Waals surface area contributed by atoms with Crippen LogP contribution in [0.5, 0.6) is 5.88 Å². The Morgan fingerprint density at radius 2 is 2.12 bits per heavy atom. The van der Waals surface area contributed by atoms with Crippen LogP contribution >= 0.6 is 11.8 Å². The molecule has 1 saturated carbocycles. The van der Waals surface area contributed by atoms with Gasteiger partial charge >= 0.3 is 5.69 Å². The number of fused-ring (bicyclic) bond motifs is 1. The van der Waals surface area contributed by atoms with Crippen molar-refractivity contribution in [2.24, 2.45) is 4.99 Å². The van der Waals surface area contributed by atoms with Crippen molar-refractivity contribution in [3.8, 4) is 5.88 Å². The van der Waals surface area contributed by atoms with E-state index in [4.69, 9.17) is 9.98 Å².